The van der Waals surface area contributed by atoms with E-state index in [-0.39, 0.29) is 24.0 Å². The number of aromatic nitrogens is 1. The van der Waals surface area contributed by atoms with E-state index in [1.807, 2.05) is 19.1 Å². The van der Waals surface area contributed by atoms with Crippen LogP contribution in [-0.4, -0.2) is 10.9 Å². The van der Waals surface area contributed by atoms with Crippen LogP contribution in [0.2, 0.25) is 0 Å². The summed E-state index contributed by atoms with van der Waals surface area (Å²) in [7, 11) is 0. The van der Waals surface area contributed by atoms with Crippen molar-refractivity contribution in [2.45, 2.75) is 34.2 Å². The van der Waals surface area contributed by atoms with E-state index in [4.69, 9.17) is 5.73 Å². The molecule has 114 valence electrons. The topological polar surface area (TPSA) is 63.3 Å². The molecule has 0 fully saturated rings. The molecule has 6 heteroatoms. The number of aliphatic imine (C=N–C) groups is 1. The van der Waals surface area contributed by atoms with Gasteiger partial charge in [0.2, 0.25) is 0 Å². The van der Waals surface area contributed by atoms with Gasteiger partial charge in [0.25, 0.3) is 0 Å². The third-order valence-corrected chi connectivity index (χ3v) is 3.82. The lowest BCUT2D eigenvalue weighted by Crippen LogP contribution is -2.22. The van der Waals surface area contributed by atoms with Crippen LogP contribution in [0.15, 0.2) is 23.2 Å². The molecule has 0 aliphatic rings. The standard InChI is InChI=1S/C15H20N4S.HI/c1-9-5-10(2)7-13(6-9)19-15(16)17-8-14-11(3)20-12(4)18-14;/h5-7H,8H2,1-4H3,(H3,16,17,19);1H. The molecule has 4 nitrogen and oxygen atoms in total. The molecule has 0 radical (unpaired) electrons. The van der Waals surface area contributed by atoms with Crippen LogP contribution in [0.4, 0.5) is 5.69 Å². The molecule has 0 saturated heterocycles. The van der Waals surface area contributed by atoms with Crippen molar-refractivity contribution in [2.75, 3.05) is 5.32 Å². The maximum absolute atomic E-state index is 5.93. The van der Waals surface area contributed by atoms with Crippen molar-refractivity contribution in [3.05, 3.63) is 44.9 Å². The lowest BCUT2D eigenvalue weighted by atomic mass is 10.1. The monoisotopic (exact) mass is 416 g/mol. The van der Waals surface area contributed by atoms with Crippen LogP contribution in [0.25, 0.3) is 0 Å². The summed E-state index contributed by atoms with van der Waals surface area (Å²) in [5.41, 5.74) is 10.3. The molecule has 0 amide bonds. The first-order chi connectivity index (χ1) is 9.44. The molecular weight excluding hydrogens is 395 g/mol. The number of benzene rings is 1. The number of hydrogen-bond acceptors (Lipinski definition) is 3. The molecule has 1 heterocycles. The fourth-order valence-electron chi connectivity index (χ4n) is 2.11. The predicted molar refractivity (Wildman–Crippen MR) is 102 cm³/mol. The molecule has 1 aromatic carbocycles. The number of nitrogens with zero attached hydrogens (tertiary/aromatic N) is 2. The molecule has 2 rings (SSSR count). The number of hydrogen-bond donors (Lipinski definition) is 2. The van der Waals surface area contributed by atoms with Crippen LogP contribution < -0.4 is 11.1 Å². The highest BCUT2D eigenvalue weighted by Gasteiger charge is 2.04. The summed E-state index contributed by atoms with van der Waals surface area (Å²) in [5, 5.41) is 4.19. The largest absolute Gasteiger partial charge is 0.370 e. The maximum atomic E-state index is 5.93. The van der Waals surface area contributed by atoms with Gasteiger partial charge in [-0.3, -0.25) is 0 Å². The molecule has 0 bridgehead atoms. The smallest absolute Gasteiger partial charge is 0.193 e. The van der Waals surface area contributed by atoms with E-state index in [0.29, 0.717) is 12.5 Å². The average Bonchev–Trinajstić information content (AvgIpc) is 2.64. The molecule has 1 aromatic heterocycles. The molecule has 0 unspecified atom stereocenters. The van der Waals surface area contributed by atoms with Gasteiger partial charge < -0.3 is 11.1 Å². The zero-order valence-corrected chi connectivity index (χ0v) is 15.9. The SMILES string of the molecule is Cc1cc(C)cc(NC(N)=NCc2nc(C)sc2C)c1.I. The van der Waals surface area contributed by atoms with Gasteiger partial charge in [0.1, 0.15) is 0 Å². The summed E-state index contributed by atoms with van der Waals surface area (Å²) in [5.74, 6) is 0.417. The molecule has 2 aromatic rings. The van der Waals surface area contributed by atoms with Gasteiger partial charge >= 0.3 is 0 Å². The minimum atomic E-state index is 0. The molecule has 21 heavy (non-hydrogen) atoms. The van der Waals surface area contributed by atoms with Crippen LogP contribution in [0.1, 0.15) is 26.7 Å². The Morgan fingerprint density at radius 1 is 1.19 bits per heavy atom. The molecule has 0 saturated carbocycles. The van der Waals surface area contributed by atoms with Crippen molar-refractivity contribution in [3.63, 3.8) is 0 Å². The number of guanidine groups is 1. The number of nitrogens with one attached hydrogen (secondary N) is 1. The molecule has 0 aliphatic heterocycles. The second kappa shape index (κ2) is 7.74. The summed E-state index contributed by atoms with van der Waals surface area (Å²) in [6.45, 7) is 8.70. The van der Waals surface area contributed by atoms with Gasteiger partial charge in [0.05, 0.1) is 17.2 Å². The van der Waals surface area contributed by atoms with Crippen LogP contribution in [0.5, 0.6) is 0 Å². The zero-order chi connectivity index (χ0) is 14.7. The van der Waals surface area contributed by atoms with Crippen molar-refractivity contribution in [1.29, 1.82) is 0 Å². The summed E-state index contributed by atoms with van der Waals surface area (Å²) >= 11 is 1.69. The zero-order valence-electron chi connectivity index (χ0n) is 12.7. The van der Waals surface area contributed by atoms with Crippen molar-refractivity contribution in [2.24, 2.45) is 10.7 Å². The Bertz CT molecular complexity index is 629. The normalized spacial score (nSPS) is 11.1. The number of aryl methyl sites for hydroxylation is 4. The van der Waals surface area contributed by atoms with Gasteiger partial charge in [0.15, 0.2) is 5.96 Å². The Morgan fingerprint density at radius 3 is 2.33 bits per heavy atom. The van der Waals surface area contributed by atoms with E-state index in [1.165, 1.54) is 16.0 Å². The van der Waals surface area contributed by atoms with E-state index < -0.39 is 0 Å². The Labute approximate surface area is 146 Å². The third-order valence-electron chi connectivity index (χ3n) is 2.89. The highest BCUT2D eigenvalue weighted by molar-refractivity contribution is 14.0. The lowest BCUT2D eigenvalue weighted by molar-refractivity contribution is 0.980. The molecular formula is C15H21IN4S. The van der Waals surface area contributed by atoms with Gasteiger partial charge in [-0.2, -0.15) is 0 Å². The van der Waals surface area contributed by atoms with Crippen molar-refractivity contribution >= 4 is 47.0 Å². The Hall–Kier alpha value is -1.15. The first-order valence-corrected chi connectivity index (χ1v) is 7.34. The van der Waals surface area contributed by atoms with Crippen LogP contribution in [0, 0.1) is 27.7 Å². The summed E-state index contributed by atoms with van der Waals surface area (Å²) in [4.78, 5) is 10.00. The van der Waals surface area contributed by atoms with Crippen LogP contribution >= 0.6 is 35.3 Å². The first kappa shape index (κ1) is 17.9. The fraction of sp³-hybridized carbons (Fsp3) is 0.333. The second-order valence-electron chi connectivity index (χ2n) is 4.94. The number of thiazole rings is 1. The number of halogens is 1. The Morgan fingerprint density at radius 2 is 1.81 bits per heavy atom. The maximum Gasteiger partial charge on any atom is 0.193 e. The summed E-state index contributed by atoms with van der Waals surface area (Å²) in [6, 6.07) is 6.22. The van der Waals surface area contributed by atoms with Crippen LogP contribution in [0.3, 0.4) is 0 Å². The minimum Gasteiger partial charge on any atom is -0.370 e. The molecule has 3 N–H and O–H groups in total. The first-order valence-electron chi connectivity index (χ1n) is 6.52. The Balaban J connectivity index is 0.00000220. The minimum absolute atomic E-state index is 0. The quantitative estimate of drug-likeness (QED) is 0.453. The van der Waals surface area contributed by atoms with Crippen LogP contribution in [-0.2, 0) is 6.54 Å². The Kier molecular flexibility index (Phi) is 6.60. The summed E-state index contributed by atoms with van der Waals surface area (Å²) < 4.78 is 0. The van der Waals surface area contributed by atoms with Crippen molar-refractivity contribution in [3.8, 4) is 0 Å². The van der Waals surface area contributed by atoms with E-state index in [9.17, 15) is 0 Å². The second-order valence-corrected chi connectivity index (χ2v) is 6.35. The predicted octanol–water partition coefficient (Wildman–Crippen LogP) is 3.92. The van der Waals surface area contributed by atoms with E-state index in [1.54, 1.807) is 11.3 Å². The van der Waals surface area contributed by atoms with Crippen molar-refractivity contribution in [1.82, 2.24) is 4.98 Å². The number of rotatable bonds is 3. The number of nitrogens with two attached hydrogens (primary N) is 1. The molecule has 0 aliphatic carbocycles. The third kappa shape index (κ3) is 5.28. The highest BCUT2D eigenvalue weighted by atomic mass is 127. The van der Waals surface area contributed by atoms with Gasteiger partial charge in [-0.1, -0.05) is 6.07 Å². The van der Waals surface area contributed by atoms with E-state index in [2.05, 4.69) is 42.1 Å². The van der Waals surface area contributed by atoms with Gasteiger partial charge in [-0.25, -0.2) is 9.98 Å². The number of anilines is 1. The molecule has 0 spiro atoms. The van der Waals surface area contributed by atoms with E-state index in [0.717, 1.165) is 16.4 Å². The van der Waals surface area contributed by atoms with Crippen molar-refractivity contribution < 1.29 is 0 Å². The van der Waals surface area contributed by atoms with E-state index >= 15 is 0 Å². The fourth-order valence-corrected chi connectivity index (χ4v) is 2.94. The molecule has 0 atom stereocenters. The summed E-state index contributed by atoms with van der Waals surface area (Å²) in [6.07, 6.45) is 0. The van der Waals surface area contributed by atoms with Gasteiger partial charge in [-0.15, -0.1) is 35.3 Å². The lowest BCUT2D eigenvalue weighted by Gasteiger charge is -2.07. The van der Waals surface area contributed by atoms with Gasteiger partial charge in [0, 0.05) is 10.6 Å². The van der Waals surface area contributed by atoms with Gasteiger partial charge in [-0.05, 0) is 51.0 Å². The average molecular weight is 416 g/mol. The highest BCUT2D eigenvalue weighted by Crippen LogP contribution is 2.17.